The molecule has 0 aliphatic carbocycles. The molecule has 0 bridgehead atoms. The summed E-state index contributed by atoms with van der Waals surface area (Å²) in [5.74, 6) is -0.113. The van der Waals surface area contributed by atoms with Gasteiger partial charge in [0.05, 0.1) is 15.6 Å². The van der Waals surface area contributed by atoms with Crippen LogP contribution in [-0.2, 0) is 10.0 Å². The van der Waals surface area contributed by atoms with E-state index in [0.717, 1.165) is 5.56 Å². The third-order valence-corrected chi connectivity index (χ3v) is 4.19. The largest absolute Gasteiger partial charge is 0.508 e. The molecule has 2 rings (SSSR count). The fourth-order valence-electron chi connectivity index (χ4n) is 1.57. The Bertz CT molecular complexity index is 714. The van der Waals surface area contributed by atoms with Gasteiger partial charge >= 0.3 is 0 Å². The molecular formula is C13H12ClNO3S. The molecule has 4 nitrogen and oxygen atoms in total. The van der Waals surface area contributed by atoms with Gasteiger partial charge in [0.25, 0.3) is 10.0 Å². The molecule has 0 saturated heterocycles. The summed E-state index contributed by atoms with van der Waals surface area (Å²) in [5, 5.41) is 9.64. The Hall–Kier alpha value is -1.72. The van der Waals surface area contributed by atoms with E-state index in [4.69, 9.17) is 11.6 Å². The van der Waals surface area contributed by atoms with Crippen molar-refractivity contribution in [2.75, 3.05) is 4.72 Å². The van der Waals surface area contributed by atoms with Crippen LogP contribution in [0.3, 0.4) is 0 Å². The molecule has 0 aromatic heterocycles. The van der Waals surface area contributed by atoms with Gasteiger partial charge in [-0.25, -0.2) is 8.42 Å². The number of phenolic OH excluding ortho intramolecular Hbond substituents is 1. The Morgan fingerprint density at radius 3 is 2.58 bits per heavy atom. The van der Waals surface area contributed by atoms with Crippen molar-refractivity contribution in [3.05, 3.63) is 53.1 Å². The maximum absolute atomic E-state index is 12.1. The lowest BCUT2D eigenvalue weighted by atomic mass is 10.2. The molecule has 2 N–H and O–H groups in total. The Morgan fingerprint density at radius 1 is 1.16 bits per heavy atom. The molecule has 0 spiro atoms. The minimum Gasteiger partial charge on any atom is -0.508 e. The van der Waals surface area contributed by atoms with Crippen LogP contribution in [0.15, 0.2) is 47.4 Å². The Labute approximate surface area is 116 Å². The number of anilines is 1. The lowest BCUT2D eigenvalue weighted by molar-refractivity contribution is 0.473. The third-order valence-electron chi connectivity index (χ3n) is 2.49. The molecule has 6 heteroatoms. The van der Waals surface area contributed by atoms with E-state index in [1.807, 2.05) is 6.92 Å². The van der Waals surface area contributed by atoms with Crippen molar-refractivity contribution in [1.29, 1.82) is 0 Å². The Kier molecular flexibility index (Phi) is 3.68. The normalized spacial score (nSPS) is 11.3. The smallest absolute Gasteiger partial charge is 0.262 e. The van der Waals surface area contributed by atoms with Crippen molar-refractivity contribution in [3.63, 3.8) is 0 Å². The first kappa shape index (κ1) is 13.7. The maximum atomic E-state index is 12.1. The van der Waals surface area contributed by atoms with Crippen molar-refractivity contribution >= 4 is 27.3 Å². The second-order valence-corrected chi connectivity index (χ2v) is 6.18. The Morgan fingerprint density at radius 2 is 1.89 bits per heavy atom. The summed E-state index contributed by atoms with van der Waals surface area (Å²) in [5.41, 5.74) is 1.20. The lowest BCUT2D eigenvalue weighted by Gasteiger charge is -2.10. The van der Waals surface area contributed by atoms with E-state index in [2.05, 4.69) is 4.72 Å². The predicted molar refractivity (Wildman–Crippen MR) is 75.1 cm³/mol. The van der Waals surface area contributed by atoms with E-state index in [9.17, 15) is 13.5 Å². The third kappa shape index (κ3) is 3.19. The van der Waals surface area contributed by atoms with Crippen LogP contribution in [0.1, 0.15) is 5.56 Å². The van der Waals surface area contributed by atoms with Gasteiger partial charge < -0.3 is 5.11 Å². The van der Waals surface area contributed by atoms with Gasteiger partial charge in [0, 0.05) is 6.07 Å². The number of hydrogen-bond donors (Lipinski definition) is 2. The number of hydrogen-bond acceptors (Lipinski definition) is 3. The highest BCUT2D eigenvalue weighted by Gasteiger charge is 2.16. The first-order valence-electron chi connectivity index (χ1n) is 5.46. The van der Waals surface area contributed by atoms with Crippen LogP contribution in [0.25, 0.3) is 0 Å². The molecule has 100 valence electrons. The molecule has 2 aromatic rings. The number of phenols is 1. The van der Waals surface area contributed by atoms with E-state index in [-0.39, 0.29) is 10.6 Å². The van der Waals surface area contributed by atoms with Crippen LogP contribution in [0.5, 0.6) is 5.75 Å². The molecule has 0 radical (unpaired) electrons. The van der Waals surface area contributed by atoms with Gasteiger partial charge in [-0.3, -0.25) is 4.72 Å². The lowest BCUT2D eigenvalue weighted by Crippen LogP contribution is -2.13. The van der Waals surface area contributed by atoms with Gasteiger partial charge in [0.1, 0.15) is 5.75 Å². The van der Waals surface area contributed by atoms with E-state index in [1.54, 1.807) is 18.2 Å². The van der Waals surface area contributed by atoms with E-state index >= 15 is 0 Å². The van der Waals surface area contributed by atoms with E-state index < -0.39 is 10.0 Å². The number of aromatic hydroxyl groups is 1. The van der Waals surface area contributed by atoms with Crippen LogP contribution in [0, 0.1) is 6.92 Å². The van der Waals surface area contributed by atoms with Crippen LogP contribution in [-0.4, -0.2) is 13.5 Å². The van der Waals surface area contributed by atoms with Crippen molar-refractivity contribution in [2.24, 2.45) is 0 Å². The maximum Gasteiger partial charge on any atom is 0.262 e. The number of rotatable bonds is 3. The summed E-state index contributed by atoms with van der Waals surface area (Å²) in [6.07, 6.45) is 0. The van der Waals surface area contributed by atoms with Crippen molar-refractivity contribution in [3.8, 4) is 5.75 Å². The molecule has 0 fully saturated rings. The topological polar surface area (TPSA) is 66.4 Å². The van der Waals surface area contributed by atoms with E-state index in [0.29, 0.717) is 10.7 Å². The van der Waals surface area contributed by atoms with Gasteiger partial charge in [0.15, 0.2) is 0 Å². The second kappa shape index (κ2) is 5.11. The highest BCUT2D eigenvalue weighted by Crippen LogP contribution is 2.26. The first-order chi connectivity index (χ1) is 8.88. The number of nitrogens with one attached hydrogen (secondary N) is 1. The zero-order valence-corrected chi connectivity index (χ0v) is 11.7. The standard InChI is InChI=1S/C13H12ClNO3S/c1-9-5-6-12(14)13(7-9)15-19(17,18)11-4-2-3-10(16)8-11/h2-8,15-16H,1H3. The van der Waals surface area contributed by atoms with Gasteiger partial charge in [-0.05, 0) is 36.8 Å². The summed E-state index contributed by atoms with van der Waals surface area (Å²) in [4.78, 5) is -0.0231. The second-order valence-electron chi connectivity index (χ2n) is 4.09. The molecule has 0 atom stereocenters. The van der Waals surface area contributed by atoms with Crippen molar-refractivity contribution in [1.82, 2.24) is 0 Å². The number of sulfonamides is 1. The highest BCUT2D eigenvalue weighted by molar-refractivity contribution is 7.92. The van der Waals surface area contributed by atoms with Crippen molar-refractivity contribution < 1.29 is 13.5 Å². The van der Waals surface area contributed by atoms with Crippen LogP contribution < -0.4 is 4.72 Å². The Balaban J connectivity index is 2.39. The average Bonchev–Trinajstić information content (AvgIpc) is 2.33. The quantitative estimate of drug-likeness (QED) is 0.914. The minimum absolute atomic E-state index is 0.0231. The molecule has 19 heavy (non-hydrogen) atoms. The number of benzene rings is 2. The van der Waals surface area contributed by atoms with Gasteiger partial charge in [0.2, 0.25) is 0 Å². The number of halogens is 1. The molecule has 0 heterocycles. The zero-order chi connectivity index (χ0) is 14.0. The van der Waals surface area contributed by atoms with Crippen LogP contribution in [0.4, 0.5) is 5.69 Å². The summed E-state index contributed by atoms with van der Waals surface area (Å²) in [7, 11) is -3.77. The van der Waals surface area contributed by atoms with Gasteiger partial charge in [-0.2, -0.15) is 0 Å². The SMILES string of the molecule is Cc1ccc(Cl)c(NS(=O)(=O)c2cccc(O)c2)c1. The monoisotopic (exact) mass is 297 g/mol. The van der Waals surface area contributed by atoms with Crippen LogP contribution in [0.2, 0.25) is 5.02 Å². The van der Waals surface area contributed by atoms with Crippen molar-refractivity contribution in [2.45, 2.75) is 11.8 Å². The molecule has 0 unspecified atom stereocenters. The molecule has 0 amide bonds. The molecule has 0 aliphatic heterocycles. The number of aryl methyl sites for hydroxylation is 1. The van der Waals surface area contributed by atoms with Crippen LogP contribution >= 0.6 is 11.6 Å². The van der Waals surface area contributed by atoms with Gasteiger partial charge in [-0.1, -0.05) is 23.7 Å². The summed E-state index contributed by atoms with van der Waals surface area (Å²) < 4.78 is 26.7. The fourth-order valence-corrected chi connectivity index (χ4v) is 2.90. The summed E-state index contributed by atoms with van der Waals surface area (Å²) in [6.45, 7) is 1.84. The first-order valence-corrected chi connectivity index (χ1v) is 7.32. The molecule has 0 aliphatic rings. The minimum atomic E-state index is -3.77. The zero-order valence-electron chi connectivity index (χ0n) is 10.1. The van der Waals surface area contributed by atoms with Gasteiger partial charge in [-0.15, -0.1) is 0 Å². The highest BCUT2D eigenvalue weighted by atomic mass is 35.5. The van der Waals surface area contributed by atoms with E-state index in [1.165, 1.54) is 24.3 Å². The molecule has 0 saturated carbocycles. The fraction of sp³-hybridized carbons (Fsp3) is 0.0769. The molecular weight excluding hydrogens is 286 g/mol. The molecule has 2 aromatic carbocycles. The average molecular weight is 298 g/mol. The summed E-state index contributed by atoms with van der Waals surface area (Å²) >= 11 is 5.94. The summed E-state index contributed by atoms with van der Waals surface area (Å²) in [6, 6.07) is 10.5. The predicted octanol–water partition coefficient (Wildman–Crippen LogP) is 3.15.